The molecule has 0 N–H and O–H groups in total. The molecule has 0 bridgehead atoms. The Morgan fingerprint density at radius 3 is 2.56 bits per heavy atom. The molecule has 0 aromatic rings. The molecular weight excluding hydrogens is 245 g/mol. The third-order valence-electron chi connectivity index (χ3n) is 0.667. The van der Waals surface area contributed by atoms with E-state index >= 15 is 0 Å². The summed E-state index contributed by atoms with van der Waals surface area (Å²) in [5.74, 6) is 5.05. The molecule has 0 saturated carbocycles. The van der Waals surface area contributed by atoms with Gasteiger partial charge in [0.15, 0.2) is 7.85 Å². The van der Waals surface area contributed by atoms with Crippen LogP contribution in [0.3, 0.4) is 0 Å². The van der Waals surface area contributed by atoms with Gasteiger partial charge in [-0.3, -0.25) is 0 Å². The summed E-state index contributed by atoms with van der Waals surface area (Å²) in [6, 6.07) is 0. The summed E-state index contributed by atoms with van der Waals surface area (Å²) in [7, 11) is 5.00. The lowest BCUT2D eigenvalue weighted by Crippen LogP contribution is -2.16. The molecule has 0 aromatic carbocycles. The third-order valence-corrected chi connectivity index (χ3v) is 1.91. The predicted octanol–water partition coefficient (Wildman–Crippen LogP) is 1.85. The second-order valence-electron chi connectivity index (χ2n) is 1.96. The molecule has 4 heteroatoms. The molecule has 1 nitrogen and oxygen atoms in total. The molecule has 0 aromatic heterocycles. The van der Waals surface area contributed by atoms with Crippen molar-refractivity contribution in [1.82, 2.24) is 0 Å². The van der Waals surface area contributed by atoms with E-state index in [1.807, 2.05) is 13.8 Å². The van der Waals surface area contributed by atoms with E-state index in [9.17, 15) is 0 Å². The van der Waals surface area contributed by atoms with Crippen LogP contribution in [0.5, 0.6) is 0 Å². The summed E-state index contributed by atoms with van der Waals surface area (Å²) < 4.78 is 5.23. The smallest absolute Gasteiger partial charge is 0.188 e. The normalized spacial score (nSPS) is 11.4. The Balaban J connectivity index is 3.80. The number of hydrogen-bond donors (Lipinski definition) is 0. The van der Waals surface area contributed by atoms with Crippen molar-refractivity contribution in [3.63, 3.8) is 0 Å². The lowest BCUT2D eigenvalue weighted by atomic mass is 10.1. The first-order valence-electron chi connectivity index (χ1n) is 2.39. The second-order valence-corrected chi connectivity index (χ2v) is 3.64. The fourth-order valence-corrected chi connectivity index (χ4v) is 2.19. The SMILES string of the molecule is [B]C#CC(C)(C)OPI. The van der Waals surface area contributed by atoms with Crippen LogP contribution in [-0.4, -0.2) is 13.4 Å². The monoisotopic (exact) mass is 252 g/mol. The quantitative estimate of drug-likeness (QED) is 0.315. The second kappa shape index (κ2) is 4.54. The average Bonchev–Trinajstić information content (AvgIpc) is 1.64. The molecule has 0 amide bonds. The van der Waals surface area contributed by atoms with Gasteiger partial charge in [0.1, 0.15) is 5.60 Å². The summed E-state index contributed by atoms with van der Waals surface area (Å²) in [6.45, 7) is 4.21. The molecule has 9 heavy (non-hydrogen) atoms. The van der Waals surface area contributed by atoms with Crippen molar-refractivity contribution >= 4 is 36.3 Å². The van der Waals surface area contributed by atoms with Gasteiger partial charge in [0.25, 0.3) is 0 Å². The van der Waals surface area contributed by atoms with Gasteiger partial charge in [-0.1, -0.05) is 5.92 Å². The van der Waals surface area contributed by atoms with Crippen molar-refractivity contribution in [1.29, 1.82) is 0 Å². The van der Waals surface area contributed by atoms with Gasteiger partial charge >= 0.3 is 0 Å². The zero-order valence-electron chi connectivity index (χ0n) is 5.36. The Labute approximate surface area is 72.1 Å². The number of hydrogen-bond acceptors (Lipinski definition) is 1. The molecule has 1 atom stereocenters. The van der Waals surface area contributed by atoms with Gasteiger partial charge in [-0.25, -0.2) is 0 Å². The third kappa shape index (κ3) is 5.20. The molecule has 0 aliphatic heterocycles. The molecule has 0 saturated heterocycles. The predicted molar refractivity (Wildman–Crippen MR) is 51.0 cm³/mol. The summed E-state index contributed by atoms with van der Waals surface area (Å²) >= 11 is 2.15. The Morgan fingerprint density at radius 1 is 1.67 bits per heavy atom. The first-order chi connectivity index (χ1) is 4.12. The van der Waals surface area contributed by atoms with Gasteiger partial charge in [-0.2, -0.15) is 5.82 Å². The highest BCUT2D eigenvalue weighted by atomic mass is 127. The standard InChI is InChI=1S/C5H7BIOP/c1-5(2,3-4-6)8-9-7/h9H,1-2H3. The maximum Gasteiger partial charge on any atom is 0.188 e. The first kappa shape index (κ1) is 9.74. The van der Waals surface area contributed by atoms with Crippen LogP contribution in [0.4, 0.5) is 0 Å². The van der Waals surface area contributed by atoms with E-state index in [4.69, 9.17) is 12.4 Å². The summed E-state index contributed by atoms with van der Waals surface area (Å²) in [5, 5.41) is 0. The lowest BCUT2D eigenvalue weighted by Gasteiger charge is -2.15. The van der Waals surface area contributed by atoms with E-state index in [0.29, 0.717) is 6.45 Å². The van der Waals surface area contributed by atoms with E-state index in [2.05, 4.69) is 33.8 Å². The van der Waals surface area contributed by atoms with E-state index in [1.165, 1.54) is 0 Å². The van der Waals surface area contributed by atoms with Crippen LogP contribution in [0.25, 0.3) is 0 Å². The minimum absolute atomic E-state index is 0.381. The maximum atomic E-state index is 5.23. The van der Waals surface area contributed by atoms with Gasteiger partial charge in [-0.15, -0.1) is 0 Å². The molecule has 0 aliphatic rings. The maximum absolute atomic E-state index is 5.23. The van der Waals surface area contributed by atoms with E-state index in [0.717, 1.165) is 0 Å². The highest BCUT2D eigenvalue weighted by molar-refractivity contribution is 14.2. The Kier molecular flexibility index (Phi) is 4.92. The van der Waals surface area contributed by atoms with Crippen LogP contribution in [-0.2, 0) is 4.52 Å². The minimum Gasteiger partial charge on any atom is -0.333 e. The average molecular weight is 252 g/mol. The van der Waals surface area contributed by atoms with Crippen LogP contribution in [0.2, 0.25) is 0 Å². The molecule has 48 valence electrons. The Bertz CT molecular complexity index is 138. The van der Waals surface area contributed by atoms with E-state index in [1.54, 1.807) is 0 Å². The van der Waals surface area contributed by atoms with Crippen LogP contribution < -0.4 is 0 Å². The largest absolute Gasteiger partial charge is 0.333 e. The topological polar surface area (TPSA) is 9.23 Å². The van der Waals surface area contributed by atoms with Crippen LogP contribution >= 0.6 is 28.5 Å². The van der Waals surface area contributed by atoms with Crippen LogP contribution in [0.15, 0.2) is 0 Å². The van der Waals surface area contributed by atoms with Crippen molar-refractivity contribution in [2.75, 3.05) is 0 Å². The number of rotatable bonds is 2. The minimum atomic E-state index is -0.381. The molecule has 0 spiro atoms. The fourth-order valence-electron chi connectivity index (χ4n) is 0.296. The van der Waals surface area contributed by atoms with Gasteiger partial charge in [0.2, 0.25) is 0 Å². The van der Waals surface area contributed by atoms with Gasteiger partial charge in [0, 0.05) is 0 Å². The molecular formula is C5H7BIOP. The first-order valence-corrected chi connectivity index (χ1v) is 6.41. The highest BCUT2D eigenvalue weighted by Gasteiger charge is 2.12. The van der Waals surface area contributed by atoms with Gasteiger partial charge in [0.05, 0.1) is 6.45 Å². The zero-order chi connectivity index (χ0) is 7.33. The Hall–Kier alpha value is 0.745. The summed E-state index contributed by atoms with van der Waals surface area (Å²) in [4.78, 5) is 0. The summed E-state index contributed by atoms with van der Waals surface area (Å²) in [6.07, 6.45) is 0. The molecule has 2 radical (unpaired) electrons. The van der Waals surface area contributed by atoms with Crippen molar-refractivity contribution in [2.24, 2.45) is 0 Å². The Morgan fingerprint density at radius 2 is 2.22 bits per heavy atom. The molecule has 0 heterocycles. The van der Waals surface area contributed by atoms with Crippen LogP contribution in [0, 0.1) is 11.7 Å². The van der Waals surface area contributed by atoms with E-state index < -0.39 is 0 Å². The van der Waals surface area contributed by atoms with Crippen LogP contribution in [0.1, 0.15) is 13.8 Å². The number of halogens is 1. The lowest BCUT2D eigenvalue weighted by molar-refractivity contribution is 0.208. The molecule has 0 rings (SSSR count). The van der Waals surface area contributed by atoms with Gasteiger partial charge in [-0.05, 0) is 35.9 Å². The summed E-state index contributed by atoms with van der Waals surface area (Å²) in [5.41, 5.74) is -0.381. The van der Waals surface area contributed by atoms with Crippen molar-refractivity contribution in [3.05, 3.63) is 0 Å². The molecule has 1 unspecified atom stereocenters. The van der Waals surface area contributed by atoms with Crippen molar-refractivity contribution in [2.45, 2.75) is 19.4 Å². The highest BCUT2D eigenvalue weighted by Crippen LogP contribution is 2.28. The zero-order valence-corrected chi connectivity index (χ0v) is 8.52. The fraction of sp³-hybridized carbons (Fsp3) is 0.600. The van der Waals surface area contributed by atoms with Crippen molar-refractivity contribution < 1.29 is 4.52 Å². The van der Waals surface area contributed by atoms with Crippen molar-refractivity contribution in [3.8, 4) is 11.7 Å². The van der Waals surface area contributed by atoms with Gasteiger partial charge < -0.3 is 4.52 Å². The molecule has 0 fully saturated rings. The molecule has 0 aliphatic carbocycles. The van der Waals surface area contributed by atoms with E-state index in [-0.39, 0.29) is 5.60 Å².